The van der Waals surface area contributed by atoms with Gasteiger partial charge in [0.2, 0.25) is 0 Å². The number of aliphatic imine (C=N–C) groups is 1. The topological polar surface area (TPSA) is 104 Å². The number of aromatic amines is 1. The van der Waals surface area contributed by atoms with Crippen molar-refractivity contribution in [1.29, 1.82) is 0 Å². The molecule has 0 radical (unpaired) electrons. The maximum absolute atomic E-state index is 13.6. The lowest BCUT2D eigenvalue weighted by Gasteiger charge is -2.15. The lowest BCUT2D eigenvalue weighted by molar-refractivity contribution is -0.144. The number of aliphatic carboxylic acids is 1. The van der Waals surface area contributed by atoms with E-state index < -0.39 is 12.1 Å². The van der Waals surface area contributed by atoms with E-state index in [0.29, 0.717) is 34.5 Å². The van der Waals surface area contributed by atoms with Gasteiger partial charge < -0.3 is 19.6 Å². The largest absolute Gasteiger partial charge is 0.493 e. The SMILES string of the molecule is COc1cc(C=C2SC(=Nc3ccccc3)N(CCc3c[nH]c4ccccc34)C2=O)ccc1OC(C)C(=O)O. The fraction of sp³-hybridized carbons (Fsp3) is 0.167. The summed E-state index contributed by atoms with van der Waals surface area (Å²) in [6, 6.07) is 22.8. The number of hydrogen-bond donors (Lipinski definition) is 2. The van der Waals surface area contributed by atoms with Crippen molar-refractivity contribution in [1.82, 2.24) is 9.88 Å². The van der Waals surface area contributed by atoms with E-state index in [1.165, 1.54) is 25.8 Å². The van der Waals surface area contributed by atoms with Crippen LogP contribution in [-0.4, -0.2) is 51.8 Å². The number of thioether (sulfide) groups is 1. The number of ether oxygens (including phenoxy) is 2. The molecule has 5 rings (SSSR count). The summed E-state index contributed by atoms with van der Waals surface area (Å²) in [5.74, 6) is -0.517. The molecule has 2 N–H and O–H groups in total. The number of methoxy groups -OCH3 is 1. The van der Waals surface area contributed by atoms with Gasteiger partial charge in [0.15, 0.2) is 22.8 Å². The van der Waals surface area contributed by atoms with Crippen LogP contribution in [0, 0.1) is 0 Å². The summed E-state index contributed by atoms with van der Waals surface area (Å²) >= 11 is 1.32. The molecule has 3 aromatic carbocycles. The lowest BCUT2D eigenvalue weighted by atomic mass is 10.1. The number of para-hydroxylation sites is 2. The number of aromatic nitrogens is 1. The minimum Gasteiger partial charge on any atom is -0.493 e. The highest BCUT2D eigenvalue weighted by Gasteiger charge is 2.33. The van der Waals surface area contributed by atoms with Gasteiger partial charge in [-0.2, -0.15) is 0 Å². The number of hydrogen-bond acceptors (Lipinski definition) is 6. The quantitative estimate of drug-likeness (QED) is 0.257. The number of nitrogens with one attached hydrogen (secondary N) is 1. The third-order valence-electron chi connectivity index (χ3n) is 6.29. The normalized spacial score (nSPS) is 16.3. The number of amidine groups is 1. The molecule has 1 aromatic heterocycles. The zero-order valence-electron chi connectivity index (χ0n) is 21.5. The highest BCUT2D eigenvalue weighted by atomic mass is 32.2. The average molecular weight is 542 g/mol. The predicted molar refractivity (Wildman–Crippen MR) is 154 cm³/mol. The summed E-state index contributed by atoms with van der Waals surface area (Å²) in [4.78, 5) is 35.1. The summed E-state index contributed by atoms with van der Waals surface area (Å²) in [5, 5.41) is 10.9. The second-order valence-corrected chi connectivity index (χ2v) is 9.92. The maximum Gasteiger partial charge on any atom is 0.344 e. The summed E-state index contributed by atoms with van der Waals surface area (Å²) < 4.78 is 10.9. The Hall–Kier alpha value is -4.50. The molecular formula is C30H27N3O5S. The van der Waals surface area contributed by atoms with E-state index >= 15 is 0 Å². The predicted octanol–water partition coefficient (Wildman–Crippen LogP) is 5.88. The number of carbonyl (C=O) groups excluding carboxylic acids is 1. The van der Waals surface area contributed by atoms with Gasteiger partial charge in [-0.1, -0.05) is 42.5 Å². The molecule has 1 unspecified atom stereocenters. The Balaban J connectivity index is 1.43. The first-order valence-electron chi connectivity index (χ1n) is 12.4. The Morgan fingerprint density at radius 2 is 1.87 bits per heavy atom. The Morgan fingerprint density at radius 1 is 1.10 bits per heavy atom. The lowest BCUT2D eigenvalue weighted by Crippen LogP contribution is -2.31. The van der Waals surface area contributed by atoms with Gasteiger partial charge >= 0.3 is 5.97 Å². The van der Waals surface area contributed by atoms with E-state index in [9.17, 15) is 9.59 Å². The van der Waals surface area contributed by atoms with Crippen LogP contribution in [0.1, 0.15) is 18.1 Å². The number of rotatable bonds is 9. The first kappa shape index (κ1) is 26.1. The highest BCUT2D eigenvalue weighted by molar-refractivity contribution is 8.18. The number of nitrogens with zero attached hydrogens (tertiary/aromatic N) is 2. The summed E-state index contributed by atoms with van der Waals surface area (Å²) in [7, 11) is 1.48. The second-order valence-electron chi connectivity index (χ2n) is 8.92. The zero-order valence-corrected chi connectivity index (χ0v) is 22.3. The number of carbonyl (C=O) groups is 2. The van der Waals surface area contributed by atoms with Crippen molar-refractivity contribution in [2.24, 2.45) is 4.99 Å². The van der Waals surface area contributed by atoms with Crippen molar-refractivity contribution < 1.29 is 24.2 Å². The molecule has 1 fully saturated rings. The van der Waals surface area contributed by atoms with E-state index in [4.69, 9.17) is 19.6 Å². The van der Waals surface area contributed by atoms with Crippen LogP contribution in [0.15, 0.2) is 88.9 Å². The first-order chi connectivity index (χ1) is 18.9. The second kappa shape index (κ2) is 11.5. The van der Waals surface area contributed by atoms with Crippen molar-refractivity contribution in [3.63, 3.8) is 0 Å². The van der Waals surface area contributed by atoms with Crippen LogP contribution in [0.5, 0.6) is 11.5 Å². The molecule has 1 aliphatic rings. The number of carboxylic acids is 1. The van der Waals surface area contributed by atoms with Crippen molar-refractivity contribution in [2.75, 3.05) is 13.7 Å². The third-order valence-corrected chi connectivity index (χ3v) is 7.29. The molecule has 0 aliphatic carbocycles. The minimum atomic E-state index is -1.07. The van der Waals surface area contributed by atoms with Crippen molar-refractivity contribution in [3.8, 4) is 11.5 Å². The van der Waals surface area contributed by atoms with Gasteiger partial charge in [0.25, 0.3) is 5.91 Å². The van der Waals surface area contributed by atoms with Crippen molar-refractivity contribution >= 4 is 51.5 Å². The fourth-order valence-corrected chi connectivity index (χ4v) is 5.26. The average Bonchev–Trinajstić information content (AvgIpc) is 3.48. The number of fused-ring (bicyclic) bond motifs is 1. The number of amides is 1. The minimum absolute atomic E-state index is 0.131. The molecule has 0 spiro atoms. The van der Waals surface area contributed by atoms with E-state index in [2.05, 4.69) is 11.1 Å². The molecular weight excluding hydrogens is 514 g/mol. The van der Waals surface area contributed by atoms with E-state index in [1.54, 1.807) is 29.2 Å². The maximum atomic E-state index is 13.6. The van der Waals surface area contributed by atoms with Crippen LogP contribution in [0.2, 0.25) is 0 Å². The summed E-state index contributed by atoms with van der Waals surface area (Å²) in [5.41, 5.74) is 3.68. The molecule has 0 saturated carbocycles. The van der Waals surface area contributed by atoms with Gasteiger partial charge in [0.1, 0.15) is 0 Å². The van der Waals surface area contributed by atoms with Crippen LogP contribution >= 0.6 is 11.8 Å². The summed E-state index contributed by atoms with van der Waals surface area (Å²) in [6.07, 6.45) is 3.41. The van der Waals surface area contributed by atoms with Gasteiger partial charge in [-0.3, -0.25) is 9.69 Å². The Bertz CT molecular complexity index is 1580. The molecule has 0 bridgehead atoms. The van der Waals surface area contributed by atoms with Gasteiger partial charge in [0.05, 0.1) is 17.7 Å². The third kappa shape index (κ3) is 5.83. The smallest absolute Gasteiger partial charge is 0.344 e. The molecule has 198 valence electrons. The highest BCUT2D eigenvalue weighted by Crippen LogP contribution is 2.36. The fourth-order valence-electron chi connectivity index (χ4n) is 4.24. The van der Waals surface area contributed by atoms with Crippen LogP contribution in [0.4, 0.5) is 5.69 Å². The molecule has 8 nitrogen and oxygen atoms in total. The van der Waals surface area contributed by atoms with Crippen molar-refractivity contribution in [3.05, 3.63) is 95.0 Å². The monoisotopic (exact) mass is 541 g/mol. The Morgan fingerprint density at radius 3 is 2.64 bits per heavy atom. The molecule has 39 heavy (non-hydrogen) atoms. The Labute approximate surface area is 230 Å². The molecule has 1 amide bonds. The summed E-state index contributed by atoms with van der Waals surface area (Å²) in [6.45, 7) is 1.92. The number of benzene rings is 3. The van der Waals surface area contributed by atoms with Crippen LogP contribution in [0.25, 0.3) is 17.0 Å². The van der Waals surface area contributed by atoms with Gasteiger partial charge in [-0.05, 0) is 72.6 Å². The van der Waals surface area contributed by atoms with E-state index in [-0.39, 0.29) is 5.91 Å². The zero-order chi connectivity index (χ0) is 27.4. The Kier molecular flexibility index (Phi) is 7.69. The van der Waals surface area contributed by atoms with Crippen LogP contribution < -0.4 is 9.47 Å². The molecule has 9 heteroatoms. The molecule has 1 atom stereocenters. The molecule has 1 saturated heterocycles. The van der Waals surface area contributed by atoms with Gasteiger partial charge in [-0.25, -0.2) is 9.79 Å². The van der Waals surface area contributed by atoms with E-state index in [0.717, 1.165) is 27.7 Å². The molecule has 4 aromatic rings. The van der Waals surface area contributed by atoms with Gasteiger partial charge in [0, 0.05) is 23.6 Å². The van der Waals surface area contributed by atoms with Gasteiger partial charge in [-0.15, -0.1) is 0 Å². The van der Waals surface area contributed by atoms with Crippen molar-refractivity contribution in [2.45, 2.75) is 19.4 Å². The molecule has 1 aliphatic heterocycles. The van der Waals surface area contributed by atoms with Crippen LogP contribution in [-0.2, 0) is 16.0 Å². The van der Waals surface area contributed by atoms with E-state index in [1.807, 2.05) is 54.7 Å². The number of carboxylic acid groups (broad SMARTS) is 1. The first-order valence-corrected chi connectivity index (χ1v) is 13.2. The van der Waals surface area contributed by atoms with Crippen LogP contribution in [0.3, 0.4) is 0 Å². The molecule has 2 heterocycles. The standard InChI is InChI=1S/C30H27N3O5S/c1-19(29(35)36)38-25-13-12-20(16-26(25)37-2)17-27-28(34)33(30(39-27)32-22-8-4-3-5-9-22)15-14-21-18-31-24-11-7-6-10-23(21)24/h3-13,16-19,31H,14-15H2,1-2H3,(H,35,36). The number of H-pyrrole nitrogens is 1.